The minimum atomic E-state index is -0.687. The van der Waals surface area contributed by atoms with Gasteiger partial charge in [-0.15, -0.1) is 0 Å². The summed E-state index contributed by atoms with van der Waals surface area (Å²) in [7, 11) is 0. The average Bonchev–Trinajstić information content (AvgIpc) is 1.82. The third-order valence-corrected chi connectivity index (χ3v) is 2.01. The minimum absolute atomic E-state index is 0.138. The summed E-state index contributed by atoms with van der Waals surface area (Å²) in [5.41, 5.74) is 0. The summed E-state index contributed by atoms with van der Waals surface area (Å²) in [6.07, 6.45) is -0.818. The SMILES string of the molecule is CC1C[C@H](O)O[C@H](C)[C@H]1O. The van der Waals surface area contributed by atoms with Crippen LogP contribution >= 0.6 is 0 Å². The molecule has 0 radical (unpaired) electrons. The Labute approximate surface area is 60.6 Å². The Morgan fingerprint density at radius 3 is 2.40 bits per heavy atom. The van der Waals surface area contributed by atoms with Gasteiger partial charge in [-0.25, -0.2) is 0 Å². The summed E-state index contributed by atoms with van der Waals surface area (Å²) in [5, 5.41) is 18.4. The van der Waals surface area contributed by atoms with Gasteiger partial charge in [0.1, 0.15) is 0 Å². The van der Waals surface area contributed by atoms with Gasteiger partial charge in [0.05, 0.1) is 12.2 Å². The van der Waals surface area contributed by atoms with Crippen molar-refractivity contribution in [3.05, 3.63) is 0 Å². The Morgan fingerprint density at radius 2 is 1.90 bits per heavy atom. The molecular weight excluding hydrogens is 132 g/mol. The van der Waals surface area contributed by atoms with Crippen LogP contribution in [0.3, 0.4) is 0 Å². The van der Waals surface area contributed by atoms with Crippen LogP contribution < -0.4 is 0 Å². The molecule has 3 nitrogen and oxygen atoms in total. The quantitative estimate of drug-likeness (QED) is 0.510. The highest BCUT2D eigenvalue weighted by atomic mass is 16.6. The van der Waals surface area contributed by atoms with Crippen LogP contribution in [0.2, 0.25) is 0 Å². The molecule has 1 aliphatic rings. The molecule has 1 fully saturated rings. The monoisotopic (exact) mass is 146 g/mol. The van der Waals surface area contributed by atoms with E-state index in [2.05, 4.69) is 0 Å². The zero-order valence-corrected chi connectivity index (χ0v) is 6.32. The Morgan fingerprint density at radius 1 is 1.30 bits per heavy atom. The normalized spacial score (nSPS) is 49.2. The van der Waals surface area contributed by atoms with E-state index in [1.807, 2.05) is 6.92 Å². The molecule has 4 atom stereocenters. The van der Waals surface area contributed by atoms with Crippen molar-refractivity contribution in [2.45, 2.75) is 38.8 Å². The van der Waals surface area contributed by atoms with Crippen LogP contribution in [0, 0.1) is 5.92 Å². The van der Waals surface area contributed by atoms with Crippen LogP contribution in [0.1, 0.15) is 20.3 Å². The molecule has 1 rings (SSSR count). The standard InChI is InChI=1S/C7H14O3/c1-4-3-6(8)10-5(2)7(4)9/h4-9H,3H2,1-2H3/t4?,5-,6-,7+/m1/s1. The highest BCUT2D eigenvalue weighted by molar-refractivity contribution is 4.76. The molecule has 0 bridgehead atoms. The maximum absolute atomic E-state index is 9.33. The first-order chi connectivity index (χ1) is 4.61. The van der Waals surface area contributed by atoms with E-state index in [0.29, 0.717) is 6.42 Å². The van der Waals surface area contributed by atoms with Gasteiger partial charge in [-0.3, -0.25) is 0 Å². The molecule has 60 valence electrons. The van der Waals surface area contributed by atoms with Gasteiger partial charge in [0.2, 0.25) is 0 Å². The molecule has 0 saturated carbocycles. The molecule has 1 heterocycles. The zero-order valence-electron chi connectivity index (χ0n) is 6.32. The predicted molar refractivity (Wildman–Crippen MR) is 36.3 cm³/mol. The van der Waals surface area contributed by atoms with Crippen molar-refractivity contribution in [3.63, 3.8) is 0 Å². The van der Waals surface area contributed by atoms with Crippen LogP contribution in [0.5, 0.6) is 0 Å². The molecule has 0 amide bonds. The van der Waals surface area contributed by atoms with E-state index in [0.717, 1.165) is 0 Å². The first kappa shape index (κ1) is 7.98. The summed E-state index contributed by atoms with van der Waals surface area (Å²) in [5.74, 6) is 0.138. The van der Waals surface area contributed by atoms with E-state index in [-0.39, 0.29) is 12.0 Å². The van der Waals surface area contributed by atoms with Gasteiger partial charge in [-0.1, -0.05) is 6.92 Å². The third kappa shape index (κ3) is 1.48. The summed E-state index contributed by atoms with van der Waals surface area (Å²) >= 11 is 0. The van der Waals surface area contributed by atoms with Crippen molar-refractivity contribution in [2.24, 2.45) is 5.92 Å². The fourth-order valence-corrected chi connectivity index (χ4v) is 1.30. The Bertz CT molecular complexity index is 103. The molecule has 0 aromatic heterocycles. The van der Waals surface area contributed by atoms with Gasteiger partial charge >= 0.3 is 0 Å². The summed E-state index contributed by atoms with van der Waals surface area (Å²) in [6.45, 7) is 3.68. The van der Waals surface area contributed by atoms with E-state index < -0.39 is 12.4 Å². The first-order valence-electron chi connectivity index (χ1n) is 3.63. The number of hydrogen-bond donors (Lipinski definition) is 2. The Balaban J connectivity index is 2.49. The van der Waals surface area contributed by atoms with Gasteiger partial charge in [-0.05, 0) is 12.8 Å². The second-order valence-electron chi connectivity index (χ2n) is 3.00. The van der Waals surface area contributed by atoms with Crippen LogP contribution in [0.25, 0.3) is 0 Å². The molecule has 0 aromatic carbocycles. The highest BCUT2D eigenvalue weighted by Crippen LogP contribution is 2.23. The molecular formula is C7H14O3. The minimum Gasteiger partial charge on any atom is -0.390 e. The van der Waals surface area contributed by atoms with Crippen molar-refractivity contribution >= 4 is 0 Å². The summed E-state index contributed by atoms with van der Waals surface area (Å²) in [4.78, 5) is 0. The molecule has 0 aromatic rings. The van der Waals surface area contributed by atoms with Crippen molar-refractivity contribution in [2.75, 3.05) is 0 Å². The molecule has 10 heavy (non-hydrogen) atoms. The van der Waals surface area contributed by atoms with Crippen LogP contribution in [0.4, 0.5) is 0 Å². The average molecular weight is 146 g/mol. The third-order valence-electron chi connectivity index (χ3n) is 2.01. The lowest BCUT2D eigenvalue weighted by atomic mass is 9.94. The van der Waals surface area contributed by atoms with E-state index in [1.165, 1.54) is 0 Å². The lowest BCUT2D eigenvalue weighted by Crippen LogP contribution is -2.42. The summed E-state index contributed by atoms with van der Waals surface area (Å²) in [6, 6.07) is 0. The summed E-state index contributed by atoms with van der Waals surface area (Å²) < 4.78 is 4.97. The second-order valence-corrected chi connectivity index (χ2v) is 3.00. The van der Waals surface area contributed by atoms with Crippen LogP contribution in [-0.4, -0.2) is 28.7 Å². The highest BCUT2D eigenvalue weighted by Gasteiger charge is 2.30. The van der Waals surface area contributed by atoms with Crippen molar-refractivity contribution in [1.29, 1.82) is 0 Å². The van der Waals surface area contributed by atoms with Gasteiger partial charge < -0.3 is 14.9 Å². The fraction of sp³-hybridized carbons (Fsp3) is 1.00. The van der Waals surface area contributed by atoms with Gasteiger partial charge in [0, 0.05) is 6.42 Å². The number of hydrogen-bond acceptors (Lipinski definition) is 3. The largest absolute Gasteiger partial charge is 0.390 e. The maximum Gasteiger partial charge on any atom is 0.155 e. The zero-order chi connectivity index (χ0) is 7.72. The van der Waals surface area contributed by atoms with Crippen LogP contribution in [0.15, 0.2) is 0 Å². The smallest absolute Gasteiger partial charge is 0.155 e. The van der Waals surface area contributed by atoms with E-state index in [1.54, 1.807) is 6.92 Å². The number of aliphatic hydroxyl groups is 2. The first-order valence-corrected chi connectivity index (χ1v) is 3.63. The van der Waals surface area contributed by atoms with Gasteiger partial charge in [0.25, 0.3) is 0 Å². The van der Waals surface area contributed by atoms with Crippen molar-refractivity contribution < 1.29 is 14.9 Å². The molecule has 1 unspecified atom stereocenters. The lowest BCUT2D eigenvalue weighted by molar-refractivity contribution is -0.209. The van der Waals surface area contributed by atoms with E-state index in [4.69, 9.17) is 9.84 Å². The molecule has 1 saturated heterocycles. The molecule has 1 aliphatic heterocycles. The Hall–Kier alpha value is -0.120. The second kappa shape index (κ2) is 2.86. The number of ether oxygens (including phenoxy) is 1. The van der Waals surface area contributed by atoms with E-state index >= 15 is 0 Å². The van der Waals surface area contributed by atoms with Gasteiger partial charge in [-0.2, -0.15) is 0 Å². The van der Waals surface area contributed by atoms with Crippen molar-refractivity contribution in [1.82, 2.24) is 0 Å². The Kier molecular flexibility index (Phi) is 2.28. The maximum atomic E-state index is 9.33. The number of aliphatic hydroxyl groups excluding tert-OH is 2. The van der Waals surface area contributed by atoms with E-state index in [9.17, 15) is 5.11 Å². The molecule has 3 heteroatoms. The molecule has 0 aliphatic carbocycles. The topological polar surface area (TPSA) is 49.7 Å². The van der Waals surface area contributed by atoms with Gasteiger partial charge in [0.15, 0.2) is 6.29 Å². The molecule has 0 spiro atoms. The van der Waals surface area contributed by atoms with Crippen molar-refractivity contribution in [3.8, 4) is 0 Å². The fourth-order valence-electron chi connectivity index (χ4n) is 1.30. The number of rotatable bonds is 0. The predicted octanol–water partition coefficient (Wildman–Crippen LogP) is 0.111. The van der Waals surface area contributed by atoms with Crippen LogP contribution in [-0.2, 0) is 4.74 Å². The molecule has 2 N–H and O–H groups in total. The lowest BCUT2D eigenvalue weighted by Gasteiger charge is -2.33.